The Morgan fingerprint density at radius 2 is 1.94 bits per heavy atom. The number of benzene rings is 2. The molecule has 160 valence electrons. The van der Waals surface area contributed by atoms with Crippen LogP contribution in [-0.2, 0) is 20.7 Å². The summed E-state index contributed by atoms with van der Waals surface area (Å²) in [4.78, 5) is 34.2. The van der Waals surface area contributed by atoms with E-state index in [0.29, 0.717) is 5.89 Å². The summed E-state index contributed by atoms with van der Waals surface area (Å²) in [5.41, 5.74) is 1.44. The molecule has 0 aliphatic heterocycles. The lowest BCUT2D eigenvalue weighted by molar-refractivity contribution is -0.383. The number of anilines is 1. The molecule has 1 aromatic heterocycles. The zero-order valence-electron chi connectivity index (χ0n) is 16.3. The number of hydrogen-bond acceptors (Lipinski definition) is 8. The third kappa shape index (κ3) is 6.09. The Bertz CT molecular complexity index is 1110. The molecule has 0 bridgehead atoms. The van der Waals surface area contributed by atoms with Crippen molar-refractivity contribution in [2.24, 2.45) is 0 Å². The van der Waals surface area contributed by atoms with Crippen molar-refractivity contribution >= 4 is 34.9 Å². The van der Waals surface area contributed by atoms with Crippen LogP contribution >= 0.6 is 11.6 Å². The number of amides is 1. The molecule has 3 rings (SSSR count). The molecule has 0 saturated heterocycles. The highest BCUT2D eigenvalue weighted by molar-refractivity contribution is 6.31. The summed E-state index contributed by atoms with van der Waals surface area (Å²) in [6.07, 6.45) is 0.0614. The summed E-state index contributed by atoms with van der Waals surface area (Å²) in [7, 11) is 0. The number of ether oxygens (including phenoxy) is 1. The van der Waals surface area contributed by atoms with E-state index >= 15 is 0 Å². The number of aromatic nitrogens is 2. The minimum Gasteiger partial charge on any atom is -0.456 e. The van der Waals surface area contributed by atoms with Crippen molar-refractivity contribution in [3.05, 3.63) is 69.1 Å². The van der Waals surface area contributed by atoms with Crippen LogP contribution < -0.4 is 5.32 Å². The van der Waals surface area contributed by atoms with Crippen molar-refractivity contribution in [2.75, 3.05) is 11.9 Å². The summed E-state index contributed by atoms with van der Waals surface area (Å²) in [6.45, 7) is 1.36. The molecule has 3 aromatic rings. The molecule has 0 atom stereocenters. The maximum atomic E-state index is 12.0. The molecule has 31 heavy (non-hydrogen) atoms. The molecule has 1 N–H and O–H groups in total. The highest BCUT2D eigenvalue weighted by Crippen LogP contribution is 2.27. The molecule has 0 aliphatic rings. The number of aryl methyl sites for hydroxylation is 2. The van der Waals surface area contributed by atoms with Gasteiger partial charge in [-0.05, 0) is 31.2 Å². The van der Waals surface area contributed by atoms with E-state index < -0.39 is 23.4 Å². The molecule has 1 heterocycles. The largest absolute Gasteiger partial charge is 0.456 e. The van der Waals surface area contributed by atoms with Gasteiger partial charge in [0.05, 0.1) is 11.3 Å². The molecule has 0 spiro atoms. The summed E-state index contributed by atoms with van der Waals surface area (Å²) in [6, 6.07) is 11.3. The van der Waals surface area contributed by atoms with Gasteiger partial charge in [0.1, 0.15) is 5.69 Å². The van der Waals surface area contributed by atoms with Gasteiger partial charge < -0.3 is 14.5 Å². The van der Waals surface area contributed by atoms with Gasteiger partial charge in [0.15, 0.2) is 6.61 Å². The van der Waals surface area contributed by atoms with Crippen molar-refractivity contribution in [1.29, 1.82) is 0 Å². The van der Waals surface area contributed by atoms with Crippen LogP contribution in [0.4, 0.5) is 11.4 Å². The van der Waals surface area contributed by atoms with Crippen LogP contribution in [0.2, 0.25) is 5.02 Å². The first-order valence-corrected chi connectivity index (χ1v) is 9.48. The van der Waals surface area contributed by atoms with Gasteiger partial charge >= 0.3 is 5.97 Å². The van der Waals surface area contributed by atoms with Gasteiger partial charge in [-0.3, -0.25) is 19.7 Å². The number of nitro benzene ring substituents is 1. The number of rotatable bonds is 8. The minimum atomic E-state index is -0.724. The van der Waals surface area contributed by atoms with E-state index in [0.717, 1.165) is 17.2 Å². The van der Waals surface area contributed by atoms with E-state index in [1.165, 1.54) is 12.1 Å². The van der Waals surface area contributed by atoms with Gasteiger partial charge in [-0.15, -0.1) is 10.2 Å². The topological polar surface area (TPSA) is 137 Å². The number of halogens is 1. The van der Waals surface area contributed by atoms with E-state index in [4.69, 9.17) is 20.8 Å². The smallest absolute Gasteiger partial charge is 0.306 e. The molecular weight excluding hydrogens is 428 g/mol. The maximum Gasteiger partial charge on any atom is 0.306 e. The van der Waals surface area contributed by atoms with Crippen molar-refractivity contribution in [3.8, 4) is 11.5 Å². The highest BCUT2D eigenvalue weighted by Gasteiger charge is 2.18. The number of nitro groups is 1. The summed E-state index contributed by atoms with van der Waals surface area (Å²) in [5, 5.41) is 21.3. The lowest BCUT2D eigenvalue weighted by Gasteiger charge is -2.07. The zero-order chi connectivity index (χ0) is 22.4. The lowest BCUT2D eigenvalue weighted by Crippen LogP contribution is -2.21. The van der Waals surface area contributed by atoms with E-state index in [9.17, 15) is 19.7 Å². The summed E-state index contributed by atoms with van der Waals surface area (Å²) >= 11 is 5.72. The second-order valence-corrected chi connectivity index (χ2v) is 6.93. The molecule has 10 nitrogen and oxygen atoms in total. The van der Waals surface area contributed by atoms with Crippen LogP contribution in [0.3, 0.4) is 0 Å². The third-order valence-corrected chi connectivity index (χ3v) is 4.34. The number of nitrogens with one attached hydrogen (secondary N) is 1. The fraction of sp³-hybridized carbons (Fsp3) is 0.200. The molecule has 0 aliphatic carbocycles. The molecule has 0 radical (unpaired) electrons. The molecular formula is C20H17ClN4O6. The van der Waals surface area contributed by atoms with Gasteiger partial charge in [-0.1, -0.05) is 29.3 Å². The lowest BCUT2D eigenvalue weighted by atomic mass is 10.1. The molecule has 0 fully saturated rings. The third-order valence-electron chi connectivity index (χ3n) is 4.10. The Labute approximate surface area is 181 Å². The van der Waals surface area contributed by atoms with Crippen molar-refractivity contribution < 1.29 is 23.7 Å². The Kier molecular flexibility index (Phi) is 6.93. The van der Waals surface area contributed by atoms with E-state index in [1.54, 1.807) is 0 Å². The van der Waals surface area contributed by atoms with E-state index in [1.807, 2.05) is 31.2 Å². The second-order valence-electron chi connectivity index (χ2n) is 6.49. The van der Waals surface area contributed by atoms with Crippen LogP contribution in [0.5, 0.6) is 0 Å². The average Bonchev–Trinajstić information content (AvgIpc) is 3.21. The maximum absolute atomic E-state index is 12.0. The normalized spacial score (nSPS) is 10.5. The predicted molar refractivity (Wildman–Crippen MR) is 110 cm³/mol. The zero-order valence-corrected chi connectivity index (χ0v) is 17.1. The monoisotopic (exact) mass is 444 g/mol. The Morgan fingerprint density at radius 3 is 2.65 bits per heavy atom. The molecule has 11 heteroatoms. The summed E-state index contributed by atoms with van der Waals surface area (Å²) < 4.78 is 10.4. The molecule has 2 aromatic carbocycles. The van der Waals surface area contributed by atoms with Gasteiger partial charge in [0, 0.05) is 23.1 Å². The number of hydrogen-bond donors (Lipinski definition) is 1. The van der Waals surface area contributed by atoms with Crippen molar-refractivity contribution in [3.63, 3.8) is 0 Å². The van der Waals surface area contributed by atoms with Gasteiger partial charge in [0.2, 0.25) is 11.8 Å². The van der Waals surface area contributed by atoms with E-state index in [2.05, 4.69) is 15.5 Å². The Morgan fingerprint density at radius 1 is 1.19 bits per heavy atom. The van der Waals surface area contributed by atoms with Gasteiger partial charge in [-0.2, -0.15) is 0 Å². The average molecular weight is 445 g/mol. The van der Waals surface area contributed by atoms with Crippen LogP contribution in [0.1, 0.15) is 17.9 Å². The van der Waals surface area contributed by atoms with Crippen LogP contribution in [-0.4, -0.2) is 33.6 Å². The first-order chi connectivity index (χ1) is 14.8. The summed E-state index contributed by atoms with van der Waals surface area (Å²) in [5.74, 6) is -0.782. The standard InChI is InChI=1S/C20H17ClN4O6/c1-12-2-4-13(5-3-12)20-24-23-18(31-20)8-9-19(27)30-11-17(26)22-15-7-6-14(21)10-16(15)25(28)29/h2-7,10H,8-9,11H2,1H3,(H,22,26). The van der Waals surface area contributed by atoms with Crippen LogP contribution in [0.15, 0.2) is 46.9 Å². The fourth-order valence-electron chi connectivity index (χ4n) is 2.54. The van der Waals surface area contributed by atoms with Crippen LogP contribution in [0.25, 0.3) is 11.5 Å². The molecule has 0 unspecified atom stereocenters. The molecule has 1 amide bonds. The van der Waals surface area contributed by atoms with E-state index in [-0.39, 0.29) is 35.1 Å². The van der Waals surface area contributed by atoms with Gasteiger partial charge in [-0.25, -0.2) is 0 Å². The predicted octanol–water partition coefficient (Wildman–Crippen LogP) is 3.72. The second kappa shape index (κ2) is 9.81. The van der Waals surface area contributed by atoms with Crippen LogP contribution in [0, 0.1) is 17.0 Å². The van der Waals surface area contributed by atoms with Crippen molar-refractivity contribution in [1.82, 2.24) is 10.2 Å². The fourth-order valence-corrected chi connectivity index (χ4v) is 2.71. The number of carbonyl (C=O) groups is 2. The minimum absolute atomic E-state index is 0.0510. The van der Waals surface area contributed by atoms with Crippen molar-refractivity contribution in [2.45, 2.75) is 19.8 Å². The Hall–Kier alpha value is -3.79. The molecule has 0 saturated carbocycles. The quantitative estimate of drug-likeness (QED) is 0.315. The SMILES string of the molecule is Cc1ccc(-c2nnc(CCC(=O)OCC(=O)Nc3ccc(Cl)cc3[N+](=O)[O-])o2)cc1. The number of nitrogens with zero attached hydrogens (tertiary/aromatic N) is 3. The highest BCUT2D eigenvalue weighted by atomic mass is 35.5. The first-order valence-electron chi connectivity index (χ1n) is 9.10. The van der Waals surface area contributed by atoms with Gasteiger partial charge in [0.25, 0.3) is 11.6 Å². The first kappa shape index (κ1) is 21.9. The number of carbonyl (C=O) groups excluding carboxylic acids is 2. The Balaban J connectivity index is 1.47. The number of esters is 1.